The summed E-state index contributed by atoms with van der Waals surface area (Å²) < 4.78 is 73.1. The molecule has 7 rings (SSSR count). The molecule has 2 saturated heterocycles. The maximum Gasteiger partial charge on any atom is 0.220 e. The Bertz CT molecular complexity index is 2190. The van der Waals surface area contributed by atoms with Crippen LogP contribution >= 0.6 is 0 Å². The zero-order valence-electron chi connectivity index (χ0n) is 39.1. The number of aliphatic hydroxyl groups is 1. The molecule has 0 aliphatic carbocycles. The molecule has 0 spiro atoms. The first-order valence-electron chi connectivity index (χ1n) is 24.3. The van der Waals surface area contributed by atoms with E-state index in [4.69, 9.17) is 33.2 Å². The Hall–Kier alpha value is -4.89. The summed E-state index contributed by atoms with van der Waals surface area (Å²) in [6.07, 6.45) is 2.68. The molecule has 4 unspecified atom stereocenters. The average molecular weight is 936 g/mol. The number of aliphatic hydroxyl groups excluding tert-OH is 1. The molecule has 364 valence electrons. The first-order chi connectivity index (χ1) is 33.3. The third kappa shape index (κ3) is 15.8. The zero-order valence-corrected chi connectivity index (χ0v) is 39.1. The van der Waals surface area contributed by atoms with Crippen molar-refractivity contribution in [2.75, 3.05) is 13.2 Å². The van der Waals surface area contributed by atoms with Gasteiger partial charge in [0.2, 0.25) is 5.91 Å². The summed E-state index contributed by atoms with van der Waals surface area (Å²) >= 11 is 0. The van der Waals surface area contributed by atoms with Crippen molar-refractivity contribution in [1.29, 1.82) is 0 Å². The second-order valence-corrected chi connectivity index (χ2v) is 17.8. The van der Waals surface area contributed by atoms with Crippen LogP contribution in [0.3, 0.4) is 0 Å². The number of halogens is 2. The smallest absolute Gasteiger partial charge is 0.220 e. The van der Waals surface area contributed by atoms with Gasteiger partial charge in [0, 0.05) is 12.0 Å². The first kappa shape index (κ1) is 51.0. The van der Waals surface area contributed by atoms with Gasteiger partial charge in [0.25, 0.3) is 0 Å². The summed E-state index contributed by atoms with van der Waals surface area (Å²) in [6, 6.07) is 42.6. The van der Waals surface area contributed by atoms with Crippen molar-refractivity contribution in [2.24, 2.45) is 0 Å². The van der Waals surface area contributed by atoms with Crippen LogP contribution in [-0.2, 0) is 64.2 Å². The average Bonchev–Trinajstić information content (AvgIpc) is 3.36. The van der Waals surface area contributed by atoms with Gasteiger partial charge >= 0.3 is 0 Å². The monoisotopic (exact) mass is 935 g/mol. The SMILES string of the molecule is C[C@@H](O)[C@@H](OCc1ccccc1)[C@H](CO[C@H]1OC2COC(c3ccccc3)O[C@@H]2C(OCc2ccccc2)C1OCc1ccccc1)NC(=O)CCCCCCCCCCc1ccc(F)c(F)c1. The normalized spacial score (nSPS) is 21.6. The summed E-state index contributed by atoms with van der Waals surface area (Å²) in [6.45, 7) is 2.53. The van der Waals surface area contributed by atoms with Crippen LogP contribution in [0, 0.1) is 11.6 Å². The van der Waals surface area contributed by atoms with Gasteiger partial charge in [-0.3, -0.25) is 4.79 Å². The maximum atomic E-state index is 13.7. The van der Waals surface area contributed by atoms with Crippen LogP contribution in [0.2, 0.25) is 0 Å². The minimum absolute atomic E-state index is 0.0702. The van der Waals surface area contributed by atoms with Gasteiger partial charge in [-0.15, -0.1) is 0 Å². The Morgan fingerprint density at radius 2 is 1.21 bits per heavy atom. The lowest BCUT2D eigenvalue weighted by molar-refractivity contribution is -0.373. The molecule has 1 amide bonds. The van der Waals surface area contributed by atoms with Crippen molar-refractivity contribution < 1.29 is 51.8 Å². The summed E-state index contributed by atoms with van der Waals surface area (Å²) in [5.74, 6) is -1.79. The molecule has 5 aromatic rings. The van der Waals surface area contributed by atoms with Gasteiger partial charge in [-0.2, -0.15) is 0 Å². The second-order valence-electron chi connectivity index (χ2n) is 17.8. The van der Waals surface area contributed by atoms with E-state index in [1.54, 1.807) is 13.0 Å². The lowest BCUT2D eigenvalue weighted by atomic mass is 9.96. The van der Waals surface area contributed by atoms with E-state index in [-0.39, 0.29) is 38.9 Å². The van der Waals surface area contributed by atoms with Gasteiger partial charge in [-0.05, 0) is 60.6 Å². The summed E-state index contributed by atoms with van der Waals surface area (Å²) in [5, 5.41) is 14.4. The van der Waals surface area contributed by atoms with Crippen molar-refractivity contribution in [3.63, 3.8) is 0 Å². The third-order valence-corrected chi connectivity index (χ3v) is 12.5. The zero-order chi connectivity index (χ0) is 47.3. The van der Waals surface area contributed by atoms with E-state index in [0.29, 0.717) is 12.8 Å². The van der Waals surface area contributed by atoms with E-state index < -0.39 is 66.9 Å². The molecule has 2 fully saturated rings. The molecule has 2 aliphatic rings. The van der Waals surface area contributed by atoms with Gasteiger partial charge in [0.05, 0.1) is 45.2 Å². The Kier molecular flexibility index (Phi) is 20.5. The number of benzene rings is 5. The van der Waals surface area contributed by atoms with Gasteiger partial charge in [0.1, 0.15) is 30.5 Å². The fourth-order valence-electron chi connectivity index (χ4n) is 8.78. The summed E-state index contributed by atoms with van der Waals surface area (Å²) in [4.78, 5) is 13.7. The highest BCUT2D eigenvalue weighted by atomic mass is 19.2. The predicted octanol–water partition coefficient (Wildman–Crippen LogP) is 10.5. The van der Waals surface area contributed by atoms with Crippen LogP contribution in [0.4, 0.5) is 8.78 Å². The molecule has 0 bridgehead atoms. The molecule has 68 heavy (non-hydrogen) atoms. The first-order valence-corrected chi connectivity index (χ1v) is 24.3. The number of rotatable bonds is 27. The Morgan fingerprint density at radius 3 is 1.81 bits per heavy atom. The predicted molar refractivity (Wildman–Crippen MR) is 255 cm³/mol. The molecule has 9 atom stereocenters. The van der Waals surface area contributed by atoms with Crippen LogP contribution in [0.1, 0.15) is 98.8 Å². The second kappa shape index (κ2) is 27.3. The number of carbonyl (C=O) groups excluding carboxylic acids is 1. The maximum absolute atomic E-state index is 13.7. The Morgan fingerprint density at radius 1 is 0.647 bits per heavy atom. The molecule has 2 heterocycles. The fraction of sp³-hybridized carbons (Fsp3) is 0.446. The molecule has 2 N–H and O–H groups in total. The van der Waals surface area contributed by atoms with Crippen molar-refractivity contribution in [3.8, 4) is 0 Å². The number of amides is 1. The van der Waals surface area contributed by atoms with Crippen molar-refractivity contribution in [3.05, 3.63) is 179 Å². The number of hydrogen-bond donors (Lipinski definition) is 2. The van der Waals surface area contributed by atoms with Crippen LogP contribution in [0.15, 0.2) is 140 Å². The van der Waals surface area contributed by atoms with Crippen LogP contribution in [0.5, 0.6) is 0 Å². The van der Waals surface area contributed by atoms with E-state index in [1.807, 2.05) is 121 Å². The van der Waals surface area contributed by atoms with Crippen molar-refractivity contribution in [2.45, 2.75) is 146 Å². The quantitative estimate of drug-likeness (QED) is 0.0497. The van der Waals surface area contributed by atoms with Gasteiger partial charge in [-0.25, -0.2) is 8.78 Å². The topological polar surface area (TPSA) is 114 Å². The van der Waals surface area contributed by atoms with Gasteiger partial charge < -0.3 is 43.6 Å². The minimum Gasteiger partial charge on any atom is -0.391 e. The number of nitrogens with one attached hydrogen (secondary N) is 1. The molecular formula is C56H67F2NO9. The Labute approximate surface area is 400 Å². The summed E-state index contributed by atoms with van der Waals surface area (Å²) in [5.41, 5.74) is 4.55. The molecule has 10 nitrogen and oxygen atoms in total. The molecule has 0 aromatic heterocycles. The highest BCUT2D eigenvalue weighted by Crippen LogP contribution is 2.37. The largest absolute Gasteiger partial charge is 0.391 e. The van der Waals surface area contributed by atoms with E-state index in [1.165, 1.54) is 12.1 Å². The fourth-order valence-corrected chi connectivity index (χ4v) is 8.78. The van der Waals surface area contributed by atoms with E-state index in [2.05, 4.69) is 5.32 Å². The Balaban J connectivity index is 1.01. The van der Waals surface area contributed by atoms with Crippen molar-refractivity contribution >= 4 is 5.91 Å². The number of ether oxygens (including phenoxy) is 7. The highest BCUT2D eigenvalue weighted by Gasteiger charge is 2.52. The van der Waals surface area contributed by atoms with Gasteiger partial charge in [-0.1, -0.05) is 166 Å². The highest BCUT2D eigenvalue weighted by molar-refractivity contribution is 5.76. The van der Waals surface area contributed by atoms with Crippen LogP contribution < -0.4 is 5.32 Å². The van der Waals surface area contributed by atoms with E-state index in [0.717, 1.165) is 79.2 Å². The van der Waals surface area contributed by atoms with E-state index in [9.17, 15) is 18.7 Å². The molecule has 12 heteroatoms. The lowest BCUT2D eigenvalue weighted by Crippen LogP contribution is -2.64. The molecule has 2 aliphatic heterocycles. The number of aryl methyl sites for hydroxylation is 1. The molecular weight excluding hydrogens is 869 g/mol. The van der Waals surface area contributed by atoms with Crippen LogP contribution in [-0.4, -0.2) is 73.2 Å². The minimum atomic E-state index is -0.990. The third-order valence-electron chi connectivity index (χ3n) is 12.5. The number of carbonyl (C=O) groups is 1. The molecule has 5 aromatic carbocycles. The van der Waals surface area contributed by atoms with Crippen molar-refractivity contribution in [1.82, 2.24) is 5.32 Å². The standard InChI is InChI=1S/C56H67F2NO9/c1-40(60)51(62-35-42-23-13-8-14-24-42)48(59-50(61)31-21-7-5-3-2-4-6-12-22-41-32-33-46(57)47(58)34-41)38-65-56-54(64-37-44-27-17-10-18-28-44)53(63-36-43-25-15-9-16-26-43)52-49(67-56)39-66-55(68-52)45-29-19-11-20-30-45/h8-11,13-20,23-30,32-34,40,48-49,51-56,60H,2-7,12,21-22,31,35-39H2,1H3,(H,59,61)/t40-,48+,49?,51-,52+,53?,54?,55?,56+/m1/s1. The number of fused-ring (bicyclic) bond motifs is 1. The number of unbranched alkanes of at least 4 members (excludes halogenated alkanes) is 7. The molecule has 0 saturated carbocycles. The van der Waals surface area contributed by atoms with Gasteiger partial charge in [0.15, 0.2) is 24.2 Å². The number of hydrogen-bond acceptors (Lipinski definition) is 9. The lowest BCUT2D eigenvalue weighted by Gasteiger charge is -2.49. The van der Waals surface area contributed by atoms with E-state index >= 15 is 0 Å². The van der Waals surface area contributed by atoms with Crippen LogP contribution in [0.25, 0.3) is 0 Å². The summed E-state index contributed by atoms with van der Waals surface area (Å²) in [7, 11) is 0. The molecule has 0 radical (unpaired) electrons.